The number of nitrogens with one attached hydrogen (secondary N) is 1. The summed E-state index contributed by atoms with van der Waals surface area (Å²) in [5, 5.41) is 29.9. The monoisotopic (exact) mass is 331 g/mol. The quantitative estimate of drug-likeness (QED) is 0.619. The summed E-state index contributed by atoms with van der Waals surface area (Å²) >= 11 is 0. The van der Waals surface area contributed by atoms with Crippen LogP contribution in [0.1, 0.15) is 26.3 Å². The van der Waals surface area contributed by atoms with Crippen LogP contribution in [0.3, 0.4) is 0 Å². The lowest BCUT2D eigenvalue weighted by Crippen LogP contribution is -2.15. The van der Waals surface area contributed by atoms with Crippen LogP contribution in [0, 0.1) is 0 Å². The number of amides is 1. The number of anilines is 1. The van der Waals surface area contributed by atoms with Crippen LogP contribution >= 0.6 is 0 Å². The lowest BCUT2D eigenvalue weighted by molar-refractivity contribution is 0.0651. The number of carboxylic acids is 2. The minimum atomic E-state index is -1.51. The number of hydrogen-bond donors (Lipinski definition) is 4. The van der Waals surface area contributed by atoms with E-state index in [1.165, 1.54) is 0 Å². The number of carboxylic acid groups (broad SMARTS) is 2. The first-order valence-electron chi connectivity index (χ1n) is 6.69. The Balaban J connectivity index is 2.14. The van der Waals surface area contributed by atoms with E-state index >= 15 is 0 Å². The molecule has 0 saturated carbocycles. The third kappa shape index (κ3) is 4.01. The highest BCUT2D eigenvalue weighted by Crippen LogP contribution is 2.28. The average molecular weight is 331 g/mol. The van der Waals surface area contributed by atoms with Crippen molar-refractivity contribution in [2.45, 2.75) is 6.61 Å². The van der Waals surface area contributed by atoms with Gasteiger partial charge in [-0.15, -0.1) is 0 Å². The molecule has 0 spiro atoms. The van der Waals surface area contributed by atoms with Crippen LogP contribution in [0.25, 0.3) is 0 Å². The van der Waals surface area contributed by atoms with Gasteiger partial charge in [0.15, 0.2) is 0 Å². The molecule has 0 saturated heterocycles. The number of ether oxygens (including phenoxy) is 1. The van der Waals surface area contributed by atoms with E-state index in [0.29, 0.717) is 0 Å². The summed E-state index contributed by atoms with van der Waals surface area (Å²) in [4.78, 5) is 33.8. The van der Waals surface area contributed by atoms with E-state index in [4.69, 9.17) is 14.9 Å². The van der Waals surface area contributed by atoms with Crippen molar-refractivity contribution in [3.05, 3.63) is 59.2 Å². The lowest BCUT2D eigenvalue weighted by Gasteiger charge is -2.11. The second-order valence-electron chi connectivity index (χ2n) is 4.71. The van der Waals surface area contributed by atoms with Gasteiger partial charge in [0.25, 0.3) is 0 Å². The molecule has 4 N–H and O–H groups in total. The van der Waals surface area contributed by atoms with E-state index in [-0.39, 0.29) is 12.3 Å². The van der Waals surface area contributed by atoms with Gasteiger partial charge in [0.1, 0.15) is 12.4 Å². The number of carbonyl (C=O) groups excluding carboxylic acids is 1. The molecule has 0 unspecified atom stereocenters. The molecule has 124 valence electrons. The number of aromatic carboxylic acids is 2. The maximum absolute atomic E-state index is 11.7. The van der Waals surface area contributed by atoms with Crippen molar-refractivity contribution < 1.29 is 34.4 Å². The predicted molar refractivity (Wildman–Crippen MR) is 82.3 cm³/mol. The second-order valence-corrected chi connectivity index (χ2v) is 4.71. The Bertz CT molecular complexity index is 787. The van der Waals surface area contributed by atoms with Crippen LogP contribution in [-0.2, 0) is 11.3 Å². The van der Waals surface area contributed by atoms with Crippen molar-refractivity contribution in [3.8, 4) is 5.75 Å². The van der Waals surface area contributed by atoms with Gasteiger partial charge in [-0.05, 0) is 17.7 Å². The molecule has 8 nitrogen and oxygen atoms in total. The molecule has 2 rings (SSSR count). The van der Waals surface area contributed by atoms with Gasteiger partial charge < -0.3 is 20.1 Å². The Hall–Kier alpha value is -3.55. The van der Waals surface area contributed by atoms with E-state index in [2.05, 4.69) is 5.32 Å². The van der Waals surface area contributed by atoms with Crippen molar-refractivity contribution in [1.29, 1.82) is 0 Å². The first-order valence-corrected chi connectivity index (χ1v) is 6.69. The molecule has 0 aliphatic heterocycles. The number of hydrogen-bond acceptors (Lipinski definition) is 5. The van der Waals surface area contributed by atoms with Crippen LogP contribution in [0.5, 0.6) is 5.75 Å². The van der Waals surface area contributed by atoms with E-state index in [1.54, 1.807) is 30.3 Å². The van der Waals surface area contributed by atoms with E-state index in [0.717, 1.165) is 17.7 Å². The van der Waals surface area contributed by atoms with Gasteiger partial charge in [0.05, 0.1) is 16.8 Å². The normalized spacial score (nSPS) is 10.0. The number of phenolic OH excluding ortho intramolecular Hbond substituents is 1. The Labute approximate surface area is 135 Å². The highest BCUT2D eigenvalue weighted by atomic mass is 16.5. The average Bonchev–Trinajstić information content (AvgIpc) is 2.55. The first-order chi connectivity index (χ1) is 11.4. The third-order valence-corrected chi connectivity index (χ3v) is 3.05. The summed E-state index contributed by atoms with van der Waals surface area (Å²) in [6.45, 7) is -0.0214. The zero-order valence-corrected chi connectivity index (χ0v) is 12.2. The number of carbonyl (C=O) groups is 3. The van der Waals surface area contributed by atoms with Crippen molar-refractivity contribution >= 4 is 23.7 Å². The SMILES string of the molecule is O=C(Nc1cc(C(=O)O)c(C(=O)O)cc1O)OCc1ccccc1. The van der Waals surface area contributed by atoms with Gasteiger partial charge in [-0.3, -0.25) is 5.32 Å². The topological polar surface area (TPSA) is 133 Å². The standard InChI is InChI=1S/C16H13NO7/c18-13-7-11(15(21)22)10(14(19)20)6-12(13)17-16(23)24-8-9-4-2-1-3-5-9/h1-7,18H,8H2,(H,17,23)(H,19,20)(H,21,22). The number of phenols is 1. The van der Waals surface area contributed by atoms with Crippen molar-refractivity contribution in [2.24, 2.45) is 0 Å². The van der Waals surface area contributed by atoms with E-state index in [9.17, 15) is 19.5 Å². The number of rotatable bonds is 5. The van der Waals surface area contributed by atoms with Gasteiger partial charge in [0, 0.05) is 0 Å². The zero-order chi connectivity index (χ0) is 17.7. The van der Waals surface area contributed by atoms with Crippen LogP contribution in [0.15, 0.2) is 42.5 Å². The fourth-order valence-corrected chi connectivity index (χ4v) is 1.91. The third-order valence-electron chi connectivity index (χ3n) is 3.05. The summed E-state index contributed by atoms with van der Waals surface area (Å²) in [6, 6.07) is 10.4. The molecule has 24 heavy (non-hydrogen) atoms. The fraction of sp³-hybridized carbons (Fsp3) is 0.0625. The molecule has 0 atom stereocenters. The Morgan fingerprint density at radius 1 is 0.958 bits per heavy atom. The molecule has 0 radical (unpaired) electrons. The highest BCUT2D eigenvalue weighted by Gasteiger charge is 2.20. The molecule has 1 amide bonds. The van der Waals surface area contributed by atoms with Gasteiger partial charge in [-0.2, -0.15) is 0 Å². The molecule has 0 aromatic heterocycles. The summed E-state index contributed by atoms with van der Waals surface area (Å²) < 4.78 is 4.94. The first kappa shape index (κ1) is 16.8. The minimum absolute atomic E-state index is 0.0214. The Kier molecular flexibility index (Phi) is 5.00. The number of benzene rings is 2. The van der Waals surface area contributed by atoms with Gasteiger partial charge in [-0.25, -0.2) is 14.4 Å². The highest BCUT2D eigenvalue weighted by molar-refractivity contribution is 6.04. The zero-order valence-electron chi connectivity index (χ0n) is 12.2. The predicted octanol–water partition coefficient (Wildman–Crippen LogP) is 2.54. The van der Waals surface area contributed by atoms with E-state index in [1.807, 2.05) is 0 Å². The molecule has 2 aromatic carbocycles. The van der Waals surface area contributed by atoms with Crippen LogP contribution in [0.4, 0.5) is 10.5 Å². The second kappa shape index (κ2) is 7.14. The molecule has 0 fully saturated rings. The molecule has 0 bridgehead atoms. The maximum Gasteiger partial charge on any atom is 0.412 e. The largest absolute Gasteiger partial charge is 0.506 e. The Morgan fingerprint density at radius 3 is 2.12 bits per heavy atom. The molecular formula is C16H13NO7. The maximum atomic E-state index is 11.7. The van der Waals surface area contributed by atoms with Crippen LogP contribution < -0.4 is 5.32 Å². The van der Waals surface area contributed by atoms with Gasteiger partial charge in [0.2, 0.25) is 0 Å². The summed E-state index contributed by atoms with van der Waals surface area (Å²) in [5.74, 6) is -3.61. The smallest absolute Gasteiger partial charge is 0.412 e. The van der Waals surface area contributed by atoms with Crippen LogP contribution in [0.2, 0.25) is 0 Å². The molecular weight excluding hydrogens is 318 g/mol. The molecule has 0 heterocycles. The van der Waals surface area contributed by atoms with Crippen LogP contribution in [-0.4, -0.2) is 33.4 Å². The molecule has 0 aliphatic carbocycles. The van der Waals surface area contributed by atoms with Crippen molar-refractivity contribution in [1.82, 2.24) is 0 Å². The lowest BCUT2D eigenvalue weighted by atomic mass is 10.1. The molecule has 2 aromatic rings. The summed E-state index contributed by atoms with van der Waals surface area (Å²) in [6.07, 6.45) is -0.923. The Morgan fingerprint density at radius 2 is 1.54 bits per heavy atom. The summed E-state index contributed by atoms with van der Waals surface area (Å²) in [5.41, 5.74) is -0.693. The molecule has 0 aliphatic rings. The van der Waals surface area contributed by atoms with Gasteiger partial charge in [-0.1, -0.05) is 30.3 Å². The fourth-order valence-electron chi connectivity index (χ4n) is 1.91. The van der Waals surface area contributed by atoms with Gasteiger partial charge >= 0.3 is 18.0 Å². The number of aromatic hydroxyl groups is 1. The van der Waals surface area contributed by atoms with Crippen molar-refractivity contribution in [3.63, 3.8) is 0 Å². The summed E-state index contributed by atoms with van der Waals surface area (Å²) in [7, 11) is 0. The minimum Gasteiger partial charge on any atom is -0.506 e. The van der Waals surface area contributed by atoms with E-state index < -0.39 is 34.9 Å². The van der Waals surface area contributed by atoms with Crippen molar-refractivity contribution in [2.75, 3.05) is 5.32 Å². The molecule has 8 heteroatoms.